The van der Waals surface area contributed by atoms with Crippen molar-refractivity contribution in [2.45, 2.75) is 44.1 Å². The predicted octanol–water partition coefficient (Wildman–Crippen LogP) is 2.03. The van der Waals surface area contributed by atoms with Crippen molar-refractivity contribution in [3.63, 3.8) is 0 Å². The van der Waals surface area contributed by atoms with Crippen LogP contribution in [0.1, 0.15) is 48.5 Å². The normalized spacial score (nSPS) is 17.5. The standard InChI is InChI=1S/C17H24N2O3S/c1-3-10-18-15(21)16(22)19-11-17(8-4-5-9-17)14-7-6-13(23-14)12(2)20/h3,6-7,12,20H,1,4-5,8-11H2,2H3,(H,18,21)(H,19,22). The Kier molecular flexibility index (Phi) is 5.96. The van der Waals surface area contributed by atoms with E-state index in [2.05, 4.69) is 17.2 Å². The van der Waals surface area contributed by atoms with Gasteiger partial charge >= 0.3 is 11.8 Å². The number of aliphatic hydroxyl groups is 1. The lowest BCUT2D eigenvalue weighted by Gasteiger charge is -2.28. The van der Waals surface area contributed by atoms with E-state index >= 15 is 0 Å². The van der Waals surface area contributed by atoms with Gasteiger partial charge in [0, 0.05) is 28.3 Å². The lowest BCUT2D eigenvalue weighted by atomic mass is 9.84. The third-order valence-corrected chi connectivity index (χ3v) is 5.82. The van der Waals surface area contributed by atoms with Crippen LogP contribution < -0.4 is 10.6 Å². The molecule has 1 aliphatic carbocycles. The number of rotatable bonds is 6. The average Bonchev–Trinajstić information content (AvgIpc) is 3.19. The van der Waals surface area contributed by atoms with Crippen molar-refractivity contribution in [2.75, 3.05) is 13.1 Å². The molecule has 1 fully saturated rings. The molecule has 1 aromatic rings. The van der Waals surface area contributed by atoms with E-state index in [4.69, 9.17) is 0 Å². The second kappa shape index (κ2) is 7.75. The van der Waals surface area contributed by atoms with E-state index < -0.39 is 17.9 Å². The lowest BCUT2D eigenvalue weighted by Crippen LogP contribution is -2.45. The van der Waals surface area contributed by atoms with Crippen molar-refractivity contribution in [3.8, 4) is 0 Å². The first-order valence-corrected chi connectivity index (χ1v) is 8.75. The van der Waals surface area contributed by atoms with Crippen molar-refractivity contribution < 1.29 is 14.7 Å². The Morgan fingerprint density at radius 3 is 2.57 bits per heavy atom. The molecule has 2 amide bonds. The van der Waals surface area contributed by atoms with Crippen molar-refractivity contribution in [2.24, 2.45) is 0 Å². The van der Waals surface area contributed by atoms with Gasteiger partial charge in [0.15, 0.2) is 0 Å². The van der Waals surface area contributed by atoms with E-state index in [-0.39, 0.29) is 12.0 Å². The maximum absolute atomic E-state index is 11.9. The summed E-state index contributed by atoms with van der Waals surface area (Å²) in [4.78, 5) is 25.6. The quantitative estimate of drug-likeness (QED) is 0.549. The average molecular weight is 336 g/mol. The number of carbonyl (C=O) groups is 2. The maximum Gasteiger partial charge on any atom is 0.309 e. The molecule has 5 nitrogen and oxygen atoms in total. The highest BCUT2D eigenvalue weighted by Gasteiger charge is 2.37. The first-order valence-electron chi connectivity index (χ1n) is 7.94. The van der Waals surface area contributed by atoms with Crippen molar-refractivity contribution in [3.05, 3.63) is 34.5 Å². The summed E-state index contributed by atoms with van der Waals surface area (Å²) in [6, 6.07) is 3.99. The van der Waals surface area contributed by atoms with E-state index in [0.29, 0.717) is 6.54 Å². The molecule has 23 heavy (non-hydrogen) atoms. The maximum atomic E-state index is 11.9. The Morgan fingerprint density at radius 2 is 2.00 bits per heavy atom. The van der Waals surface area contributed by atoms with Crippen molar-refractivity contribution >= 4 is 23.2 Å². The van der Waals surface area contributed by atoms with Gasteiger partial charge in [-0.15, -0.1) is 17.9 Å². The smallest absolute Gasteiger partial charge is 0.309 e. The molecular weight excluding hydrogens is 312 g/mol. The van der Waals surface area contributed by atoms with Gasteiger partial charge in [-0.3, -0.25) is 9.59 Å². The fourth-order valence-corrected chi connectivity index (χ4v) is 4.19. The van der Waals surface area contributed by atoms with Crippen molar-refractivity contribution in [1.82, 2.24) is 10.6 Å². The molecule has 1 aliphatic rings. The lowest BCUT2D eigenvalue weighted by molar-refractivity contribution is -0.139. The van der Waals surface area contributed by atoms with E-state index in [1.54, 1.807) is 18.3 Å². The van der Waals surface area contributed by atoms with Crippen LogP contribution in [-0.4, -0.2) is 30.0 Å². The van der Waals surface area contributed by atoms with Crippen LogP contribution in [0.4, 0.5) is 0 Å². The fourth-order valence-electron chi connectivity index (χ4n) is 3.00. The Bertz CT molecular complexity index is 574. The summed E-state index contributed by atoms with van der Waals surface area (Å²) < 4.78 is 0. The van der Waals surface area contributed by atoms with Crippen LogP contribution in [0.3, 0.4) is 0 Å². The zero-order valence-corrected chi connectivity index (χ0v) is 14.2. The minimum Gasteiger partial charge on any atom is -0.388 e. The van der Waals surface area contributed by atoms with Crippen LogP contribution in [-0.2, 0) is 15.0 Å². The minimum atomic E-state index is -0.631. The van der Waals surface area contributed by atoms with Gasteiger partial charge in [0.25, 0.3) is 0 Å². The number of nitrogens with one attached hydrogen (secondary N) is 2. The number of hydrogen-bond donors (Lipinski definition) is 3. The van der Waals surface area contributed by atoms with Gasteiger partial charge in [-0.1, -0.05) is 18.9 Å². The molecule has 0 aromatic carbocycles. The van der Waals surface area contributed by atoms with Crippen molar-refractivity contribution in [1.29, 1.82) is 0 Å². The van der Waals surface area contributed by atoms with Gasteiger partial charge in [-0.05, 0) is 31.9 Å². The molecule has 1 atom stereocenters. The second-order valence-electron chi connectivity index (χ2n) is 6.05. The summed E-state index contributed by atoms with van der Waals surface area (Å²) in [5.41, 5.74) is -0.119. The summed E-state index contributed by atoms with van der Waals surface area (Å²) in [5.74, 6) is -1.24. The van der Waals surface area contributed by atoms with Gasteiger partial charge in [0.05, 0.1) is 6.10 Å². The molecule has 0 saturated heterocycles. The highest BCUT2D eigenvalue weighted by Crippen LogP contribution is 2.44. The monoisotopic (exact) mass is 336 g/mol. The summed E-state index contributed by atoms with van der Waals surface area (Å²) in [5, 5.41) is 15.0. The third-order valence-electron chi connectivity index (χ3n) is 4.32. The van der Waals surface area contributed by atoms with Gasteiger partial charge in [0.2, 0.25) is 0 Å². The van der Waals surface area contributed by atoms with E-state index in [1.807, 2.05) is 12.1 Å². The summed E-state index contributed by atoms with van der Waals surface area (Å²) >= 11 is 1.60. The highest BCUT2D eigenvalue weighted by atomic mass is 32.1. The van der Waals surface area contributed by atoms with Gasteiger partial charge in [0.1, 0.15) is 0 Å². The SMILES string of the molecule is C=CCNC(=O)C(=O)NCC1(c2ccc(C(C)O)s2)CCCC1. The van der Waals surface area contributed by atoms with Crippen LogP contribution in [0.25, 0.3) is 0 Å². The van der Waals surface area contributed by atoms with Crippen LogP contribution in [0.2, 0.25) is 0 Å². The van der Waals surface area contributed by atoms with Crippen LogP contribution in [0.5, 0.6) is 0 Å². The summed E-state index contributed by atoms with van der Waals surface area (Å²) in [7, 11) is 0. The Labute approximate surface area is 140 Å². The molecular formula is C17H24N2O3S. The second-order valence-corrected chi connectivity index (χ2v) is 7.16. The molecule has 1 saturated carbocycles. The topological polar surface area (TPSA) is 78.4 Å². The molecule has 1 aromatic heterocycles. The van der Waals surface area contributed by atoms with Gasteiger partial charge in [-0.2, -0.15) is 0 Å². The third kappa shape index (κ3) is 4.20. The number of thiophene rings is 1. The highest BCUT2D eigenvalue weighted by molar-refractivity contribution is 7.12. The van der Waals surface area contributed by atoms with E-state index in [0.717, 1.165) is 30.6 Å². The number of hydrogen-bond acceptors (Lipinski definition) is 4. The minimum absolute atomic E-state index is 0.119. The Hall–Kier alpha value is -1.66. The number of aliphatic hydroxyl groups excluding tert-OH is 1. The molecule has 6 heteroatoms. The largest absolute Gasteiger partial charge is 0.388 e. The number of carbonyl (C=O) groups excluding carboxylic acids is 2. The predicted molar refractivity (Wildman–Crippen MR) is 91.3 cm³/mol. The molecule has 0 radical (unpaired) electrons. The fraction of sp³-hybridized carbons (Fsp3) is 0.529. The molecule has 0 aliphatic heterocycles. The molecule has 0 bridgehead atoms. The van der Waals surface area contributed by atoms with E-state index in [9.17, 15) is 14.7 Å². The summed E-state index contributed by atoms with van der Waals surface area (Å²) in [6.07, 6.45) is 5.25. The Morgan fingerprint density at radius 1 is 1.35 bits per heavy atom. The van der Waals surface area contributed by atoms with Crippen LogP contribution in [0.15, 0.2) is 24.8 Å². The van der Waals surface area contributed by atoms with Gasteiger partial charge < -0.3 is 15.7 Å². The zero-order chi connectivity index (χ0) is 16.9. The molecule has 3 N–H and O–H groups in total. The summed E-state index contributed by atoms with van der Waals surface area (Å²) in [6.45, 7) is 5.98. The first-order chi connectivity index (χ1) is 11.0. The van der Waals surface area contributed by atoms with Gasteiger partial charge in [-0.25, -0.2) is 0 Å². The molecule has 1 unspecified atom stereocenters. The zero-order valence-electron chi connectivity index (χ0n) is 13.4. The first kappa shape index (κ1) is 17.7. The molecule has 0 spiro atoms. The molecule has 1 heterocycles. The molecule has 126 valence electrons. The Balaban J connectivity index is 2.04. The van der Waals surface area contributed by atoms with E-state index in [1.165, 1.54) is 11.0 Å². The molecule has 2 rings (SSSR count). The number of amides is 2. The van der Waals surface area contributed by atoms with Crippen LogP contribution >= 0.6 is 11.3 Å². The van der Waals surface area contributed by atoms with Crippen LogP contribution in [0, 0.1) is 0 Å².